The van der Waals surface area contributed by atoms with Crippen molar-refractivity contribution in [2.75, 3.05) is 13.1 Å². The number of fused-ring (bicyclic) bond motifs is 1. The number of H-pyrrole nitrogens is 1. The lowest BCUT2D eigenvalue weighted by molar-refractivity contribution is -0.0414. The molecule has 0 spiro atoms. The third-order valence-electron chi connectivity index (χ3n) is 4.98. The van der Waals surface area contributed by atoms with Gasteiger partial charge in [0.2, 0.25) is 0 Å². The number of piperidine rings is 1. The Kier molecular flexibility index (Phi) is 4.05. The van der Waals surface area contributed by atoms with Crippen LogP contribution in [0.2, 0.25) is 0 Å². The highest BCUT2D eigenvalue weighted by Gasteiger charge is 2.37. The quantitative estimate of drug-likeness (QED) is 0.761. The Morgan fingerprint density at radius 1 is 1.36 bits per heavy atom. The number of aromatic nitrogens is 5. The molecule has 1 fully saturated rings. The summed E-state index contributed by atoms with van der Waals surface area (Å²) in [6.45, 7) is 6.46. The van der Waals surface area contributed by atoms with Crippen LogP contribution in [0.25, 0.3) is 10.9 Å². The number of aromatic amines is 1. The maximum Gasteiger partial charge on any atom is 0.123 e. The molecule has 1 aromatic carbocycles. The van der Waals surface area contributed by atoms with Gasteiger partial charge < -0.3 is 5.11 Å². The lowest BCUT2D eigenvalue weighted by atomic mass is 9.89. The van der Waals surface area contributed by atoms with E-state index in [0.29, 0.717) is 12.2 Å². The maximum absolute atomic E-state index is 11.2. The minimum Gasteiger partial charge on any atom is -0.382 e. The fourth-order valence-electron chi connectivity index (χ4n) is 3.55. The van der Waals surface area contributed by atoms with E-state index in [9.17, 15) is 5.11 Å². The maximum atomic E-state index is 11.2. The van der Waals surface area contributed by atoms with Gasteiger partial charge in [0.25, 0.3) is 0 Å². The second-order valence-electron chi connectivity index (χ2n) is 7.31. The molecular weight excluding hydrogens is 316 g/mol. The van der Waals surface area contributed by atoms with Gasteiger partial charge in [-0.2, -0.15) is 5.10 Å². The number of nitrogens with zero attached hydrogens (tertiary/aromatic N) is 5. The molecule has 7 heteroatoms. The minimum atomic E-state index is -0.927. The van der Waals surface area contributed by atoms with E-state index < -0.39 is 5.60 Å². The van der Waals surface area contributed by atoms with Crippen molar-refractivity contribution in [2.45, 2.75) is 44.9 Å². The molecule has 1 aliphatic rings. The van der Waals surface area contributed by atoms with Crippen LogP contribution in [0.5, 0.6) is 0 Å². The molecule has 1 aliphatic heterocycles. The van der Waals surface area contributed by atoms with Gasteiger partial charge in [0.15, 0.2) is 0 Å². The van der Waals surface area contributed by atoms with Crippen molar-refractivity contribution in [1.82, 2.24) is 30.1 Å². The van der Waals surface area contributed by atoms with Crippen molar-refractivity contribution in [2.24, 2.45) is 0 Å². The molecule has 1 unspecified atom stereocenters. The number of benzene rings is 1. The number of aliphatic hydroxyl groups is 1. The average Bonchev–Trinajstić information content (AvgIpc) is 3.24. The molecule has 7 nitrogen and oxygen atoms in total. The molecule has 0 saturated carbocycles. The molecule has 25 heavy (non-hydrogen) atoms. The first-order valence-corrected chi connectivity index (χ1v) is 8.82. The predicted molar refractivity (Wildman–Crippen MR) is 94.9 cm³/mol. The molecule has 0 radical (unpaired) electrons. The lowest BCUT2D eigenvalue weighted by Gasteiger charge is -2.38. The smallest absolute Gasteiger partial charge is 0.123 e. The van der Waals surface area contributed by atoms with E-state index in [4.69, 9.17) is 0 Å². The zero-order valence-electron chi connectivity index (χ0n) is 14.7. The summed E-state index contributed by atoms with van der Waals surface area (Å²) in [5.41, 5.74) is 2.01. The van der Waals surface area contributed by atoms with E-state index in [-0.39, 0.29) is 6.04 Å². The van der Waals surface area contributed by atoms with Crippen LogP contribution < -0.4 is 0 Å². The fraction of sp³-hybridized carbons (Fsp3) is 0.500. The number of rotatable bonds is 4. The summed E-state index contributed by atoms with van der Waals surface area (Å²) in [7, 11) is 0. The van der Waals surface area contributed by atoms with Gasteiger partial charge >= 0.3 is 0 Å². The summed E-state index contributed by atoms with van der Waals surface area (Å²) >= 11 is 0. The Morgan fingerprint density at radius 3 is 3.04 bits per heavy atom. The van der Waals surface area contributed by atoms with E-state index in [1.807, 2.05) is 12.4 Å². The number of hydrogen-bond acceptors (Lipinski definition) is 5. The van der Waals surface area contributed by atoms with Crippen LogP contribution in [-0.4, -0.2) is 48.3 Å². The summed E-state index contributed by atoms with van der Waals surface area (Å²) in [5, 5.41) is 27.7. The topological polar surface area (TPSA) is 82.9 Å². The van der Waals surface area contributed by atoms with Crippen LogP contribution in [0.4, 0.5) is 0 Å². The van der Waals surface area contributed by atoms with Gasteiger partial charge in [-0.3, -0.25) is 10.00 Å². The van der Waals surface area contributed by atoms with Gasteiger partial charge in [-0.05, 0) is 44.9 Å². The summed E-state index contributed by atoms with van der Waals surface area (Å²) in [5.74, 6) is 0. The highest BCUT2D eigenvalue weighted by Crippen LogP contribution is 2.31. The first-order chi connectivity index (χ1) is 12.0. The molecule has 132 valence electrons. The van der Waals surface area contributed by atoms with Gasteiger partial charge in [-0.25, -0.2) is 4.68 Å². The molecule has 3 heterocycles. The van der Waals surface area contributed by atoms with Crippen molar-refractivity contribution in [3.05, 3.63) is 41.9 Å². The number of likely N-dealkylation sites (tertiary alicyclic amines) is 1. The zero-order valence-corrected chi connectivity index (χ0v) is 14.7. The Hall–Kier alpha value is -2.25. The monoisotopic (exact) mass is 340 g/mol. The standard InChI is InChI=1S/C18H24N6O/c1-13(2)24-11-17(21-22-24)18(25)6-3-7-23(12-18)10-14-4-5-15-9-19-20-16(15)8-14/h4-5,8-9,11,13,25H,3,6-7,10,12H2,1-2H3,(H,19,20). The van der Waals surface area contributed by atoms with Gasteiger partial charge in [0.05, 0.1) is 17.9 Å². The molecule has 1 atom stereocenters. The number of nitrogens with one attached hydrogen (secondary N) is 1. The Morgan fingerprint density at radius 2 is 2.24 bits per heavy atom. The Bertz CT molecular complexity index is 869. The summed E-state index contributed by atoms with van der Waals surface area (Å²) in [6.07, 6.45) is 5.37. The zero-order chi connectivity index (χ0) is 17.4. The largest absolute Gasteiger partial charge is 0.382 e. The first kappa shape index (κ1) is 16.2. The minimum absolute atomic E-state index is 0.241. The SMILES string of the molecule is CC(C)n1cc(C2(O)CCCN(Cc3ccc4cn[nH]c4c3)C2)nn1. The fourth-order valence-corrected chi connectivity index (χ4v) is 3.55. The summed E-state index contributed by atoms with van der Waals surface area (Å²) in [6, 6.07) is 6.58. The first-order valence-electron chi connectivity index (χ1n) is 8.82. The van der Waals surface area contributed by atoms with E-state index in [1.54, 1.807) is 4.68 Å². The predicted octanol–water partition coefficient (Wildman–Crippen LogP) is 2.22. The summed E-state index contributed by atoms with van der Waals surface area (Å²) in [4.78, 5) is 2.29. The second-order valence-corrected chi connectivity index (χ2v) is 7.31. The van der Waals surface area contributed by atoms with Crippen LogP contribution in [0.1, 0.15) is 44.0 Å². The normalized spacial score (nSPS) is 22.1. The van der Waals surface area contributed by atoms with Gasteiger partial charge in [0, 0.05) is 24.5 Å². The third-order valence-corrected chi connectivity index (χ3v) is 4.98. The van der Waals surface area contributed by atoms with Crippen LogP contribution in [0.15, 0.2) is 30.6 Å². The van der Waals surface area contributed by atoms with Crippen molar-refractivity contribution in [3.8, 4) is 0 Å². The molecule has 1 saturated heterocycles. The number of hydrogen-bond donors (Lipinski definition) is 2. The van der Waals surface area contributed by atoms with Crippen LogP contribution in [0, 0.1) is 0 Å². The molecule has 0 bridgehead atoms. The van der Waals surface area contributed by atoms with Crippen LogP contribution in [0.3, 0.4) is 0 Å². The molecular formula is C18H24N6O. The van der Waals surface area contributed by atoms with Crippen molar-refractivity contribution in [1.29, 1.82) is 0 Å². The molecule has 2 N–H and O–H groups in total. The highest BCUT2D eigenvalue weighted by molar-refractivity contribution is 5.78. The lowest BCUT2D eigenvalue weighted by Crippen LogP contribution is -2.45. The molecule has 0 amide bonds. The average molecular weight is 340 g/mol. The molecule has 4 rings (SSSR count). The van der Waals surface area contributed by atoms with Gasteiger partial charge in [-0.15, -0.1) is 5.10 Å². The third kappa shape index (κ3) is 3.17. The van der Waals surface area contributed by atoms with Crippen molar-refractivity contribution < 1.29 is 5.11 Å². The Labute approximate surface area is 146 Å². The van der Waals surface area contributed by atoms with E-state index in [0.717, 1.165) is 36.8 Å². The van der Waals surface area contributed by atoms with E-state index in [2.05, 4.69) is 57.5 Å². The van der Waals surface area contributed by atoms with E-state index >= 15 is 0 Å². The molecule has 2 aromatic heterocycles. The Balaban J connectivity index is 1.51. The van der Waals surface area contributed by atoms with E-state index in [1.165, 1.54) is 5.56 Å². The van der Waals surface area contributed by atoms with Crippen molar-refractivity contribution >= 4 is 10.9 Å². The van der Waals surface area contributed by atoms with Gasteiger partial charge in [0.1, 0.15) is 11.3 Å². The summed E-state index contributed by atoms with van der Waals surface area (Å²) < 4.78 is 1.80. The van der Waals surface area contributed by atoms with Crippen LogP contribution >= 0.6 is 0 Å². The highest BCUT2D eigenvalue weighted by atomic mass is 16.3. The van der Waals surface area contributed by atoms with Crippen LogP contribution in [-0.2, 0) is 12.1 Å². The molecule has 0 aliphatic carbocycles. The second kappa shape index (κ2) is 6.24. The van der Waals surface area contributed by atoms with Gasteiger partial charge in [-0.1, -0.05) is 17.3 Å². The van der Waals surface area contributed by atoms with Crippen molar-refractivity contribution in [3.63, 3.8) is 0 Å². The molecule has 3 aromatic rings. The number of β-amino-alcohol motifs (C(OH)–C–C–N with tert-alkyl or cyclic N) is 1.